The van der Waals surface area contributed by atoms with E-state index >= 15 is 0 Å². The van der Waals surface area contributed by atoms with Crippen LogP contribution in [0.5, 0.6) is 0 Å². The van der Waals surface area contributed by atoms with E-state index in [1.807, 2.05) is 18.2 Å². The maximum atomic E-state index is 13.5. The fraction of sp³-hybridized carbons (Fsp3) is 0.333. The number of fused-ring (bicyclic) bond motifs is 1. The minimum Gasteiger partial charge on any atom is -0.610 e. The number of nitrogens with zero attached hydrogens (tertiary/aromatic N) is 1. The van der Waals surface area contributed by atoms with E-state index in [-0.39, 0.29) is 0 Å². The van der Waals surface area contributed by atoms with Crippen LogP contribution in [0.25, 0.3) is 5.57 Å². The second-order valence-corrected chi connectivity index (χ2v) is 8.74. The van der Waals surface area contributed by atoms with E-state index in [0.717, 1.165) is 36.4 Å². The summed E-state index contributed by atoms with van der Waals surface area (Å²) in [4.78, 5) is 3.37. The largest absolute Gasteiger partial charge is 0.610 e. The molecule has 0 amide bonds. The lowest BCUT2D eigenvalue weighted by Crippen LogP contribution is -2.32. The maximum Gasteiger partial charge on any atom is 0.178 e. The minimum atomic E-state index is -1.06. The molecule has 0 saturated carbocycles. The maximum absolute atomic E-state index is 13.5. The second-order valence-electron chi connectivity index (χ2n) is 6.95. The van der Waals surface area contributed by atoms with Gasteiger partial charge in [0.2, 0.25) is 0 Å². The van der Waals surface area contributed by atoms with Gasteiger partial charge in [0, 0.05) is 41.0 Å². The Hall–Kier alpha value is -1.55. The van der Waals surface area contributed by atoms with Crippen molar-refractivity contribution < 1.29 is 4.55 Å². The van der Waals surface area contributed by atoms with Gasteiger partial charge in [0.25, 0.3) is 0 Å². The highest BCUT2D eigenvalue weighted by atomic mass is 32.2. The van der Waals surface area contributed by atoms with Gasteiger partial charge in [-0.05, 0) is 38.9 Å². The van der Waals surface area contributed by atoms with Crippen LogP contribution in [0.4, 0.5) is 0 Å². The van der Waals surface area contributed by atoms with Crippen LogP contribution < -0.4 is 0 Å². The van der Waals surface area contributed by atoms with Crippen molar-refractivity contribution in [2.45, 2.75) is 29.4 Å². The van der Waals surface area contributed by atoms with Gasteiger partial charge in [-0.15, -0.1) is 0 Å². The van der Waals surface area contributed by atoms with Crippen LogP contribution >= 0.6 is 0 Å². The van der Waals surface area contributed by atoms with Crippen LogP contribution in [0.15, 0.2) is 65.1 Å². The molecule has 1 saturated heterocycles. The Morgan fingerprint density at radius 1 is 0.958 bits per heavy atom. The van der Waals surface area contributed by atoms with Gasteiger partial charge in [-0.2, -0.15) is 0 Å². The van der Waals surface area contributed by atoms with Crippen LogP contribution in [0.1, 0.15) is 30.9 Å². The normalized spacial score (nSPS) is 27.4. The average molecular weight is 337 g/mol. The summed E-state index contributed by atoms with van der Waals surface area (Å²) >= 11 is -1.06. The average Bonchev–Trinajstić information content (AvgIpc) is 2.86. The van der Waals surface area contributed by atoms with Crippen molar-refractivity contribution in [2.75, 3.05) is 20.1 Å². The summed E-state index contributed by atoms with van der Waals surface area (Å²) in [5, 5.41) is 0. The quantitative estimate of drug-likeness (QED) is 0.729. The monoisotopic (exact) mass is 337 g/mol. The van der Waals surface area contributed by atoms with Gasteiger partial charge < -0.3 is 9.45 Å². The Bertz CT molecular complexity index is 775. The number of benzene rings is 2. The van der Waals surface area contributed by atoms with Crippen molar-refractivity contribution >= 4 is 16.7 Å². The van der Waals surface area contributed by atoms with Crippen LogP contribution in [0.3, 0.4) is 0 Å². The molecule has 124 valence electrons. The molecule has 2 aliphatic rings. The SMILES string of the molecule is CN1CCC(=C2c3ccccc3[S+]([O-])C2(C)c2ccccc2)CC1. The van der Waals surface area contributed by atoms with Crippen molar-refractivity contribution in [1.29, 1.82) is 0 Å². The van der Waals surface area contributed by atoms with Crippen molar-refractivity contribution in [3.63, 3.8) is 0 Å². The fourth-order valence-electron chi connectivity index (χ4n) is 4.08. The molecule has 2 aromatic rings. The van der Waals surface area contributed by atoms with Gasteiger partial charge in [-0.25, -0.2) is 0 Å². The van der Waals surface area contributed by atoms with Crippen LogP contribution in [-0.4, -0.2) is 29.6 Å². The number of likely N-dealkylation sites (tertiary alicyclic amines) is 1. The van der Waals surface area contributed by atoms with E-state index in [1.165, 1.54) is 16.7 Å². The second kappa shape index (κ2) is 6.07. The standard InChI is InChI=1S/C21H23NOS/c1-21(17-8-4-3-5-9-17)20(16-12-14-22(2)15-13-16)18-10-6-7-11-19(18)24(21)23/h3-11H,12-15H2,1-2H3. The van der Waals surface area contributed by atoms with Gasteiger partial charge in [-0.3, -0.25) is 0 Å². The van der Waals surface area contributed by atoms with E-state index in [0.29, 0.717) is 0 Å². The van der Waals surface area contributed by atoms with Gasteiger partial charge in [0.1, 0.15) is 0 Å². The minimum absolute atomic E-state index is 0.448. The third kappa shape index (κ3) is 2.34. The van der Waals surface area contributed by atoms with Crippen LogP contribution in [-0.2, 0) is 15.9 Å². The third-order valence-electron chi connectivity index (χ3n) is 5.47. The number of hydrogen-bond acceptors (Lipinski definition) is 2. The number of piperidine rings is 1. The summed E-state index contributed by atoms with van der Waals surface area (Å²) in [7, 11) is 2.18. The molecule has 0 radical (unpaired) electrons. The zero-order valence-corrected chi connectivity index (χ0v) is 15.1. The molecular formula is C21H23NOS. The lowest BCUT2D eigenvalue weighted by atomic mass is 9.82. The Balaban J connectivity index is 1.94. The molecule has 1 fully saturated rings. The first-order chi connectivity index (χ1) is 11.6. The predicted molar refractivity (Wildman–Crippen MR) is 100 cm³/mol. The molecule has 0 N–H and O–H groups in total. The van der Waals surface area contributed by atoms with Crippen molar-refractivity contribution in [3.8, 4) is 0 Å². The van der Waals surface area contributed by atoms with E-state index in [2.05, 4.69) is 55.3 Å². The van der Waals surface area contributed by atoms with Gasteiger partial charge >= 0.3 is 0 Å². The van der Waals surface area contributed by atoms with Crippen molar-refractivity contribution in [3.05, 3.63) is 71.3 Å². The summed E-state index contributed by atoms with van der Waals surface area (Å²) in [6.45, 7) is 4.33. The zero-order valence-electron chi connectivity index (χ0n) is 14.3. The topological polar surface area (TPSA) is 26.3 Å². The Morgan fingerprint density at radius 2 is 1.58 bits per heavy atom. The highest BCUT2D eigenvalue weighted by Crippen LogP contribution is 2.55. The molecule has 0 aromatic heterocycles. The summed E-state index contributed by atoms with van der Waals surface area (Å²) in [5.41, 5.74) is 5.15. The molecule has 2 nitrogen and oxygen atoms in total. The summed E-state index contributed by atoms with van der Waals surface area (Å²) < 4.78 is 13.1. The molecule has 2 aromatic carbocycles. The molecule has 2 heterocycles. The summed E-state index contributed by atoms with van der Waals surface area (Å²) in [6, 6.07) is 18.7. The molecule has 2 unspecified atom stereocenters. The lowest BCUT2D eigenvalue weighted by Gasteiger charge is -2.32. The molecule has 24 heavy (non-hydrogen) atoms. The molecular weight excluding hydrogens is 314 g/mol. The van der Waals surface area contributed by atoms with Crippen LogP contribution in [0, 0.1) is 0 Å². The Morgan fingerprint density at radius 3 is 2.29 bits per heavy atom. The van der Waals surface area contributed by atoms with Crippen molar-refractivity contribution in [2.24, 2.45) is 0 Å². The fourth-order valence-corrected chi connectivity index (χ4v) is 5.88. The molecule has 3 heteroatoms. The first-order valence-corrected chi connectivity index (χ1v) is 9.75. The Labute approximate surface area is 147 Å². The van der Waals surface area contributed by atoms with Gasteiger partial charge in [-0.1, -0.05) is 48.0 Å². The summed E-state index contributed by atoms with van der Waals surface area (Å²) in [6.07, 6.45) is 2.14. The molecule has 0 bridgehead atoms. The first-order valence-electron chi connectivity index (χ1n) is 8.60. The first kappa shape index (κ1) is 15.9. The zero-order chi connectivity index (χ0) is 16.7. The number of rotatable bonds is 1. The third-order valence-corrected chi connectivity index (χ3v) is 7.41. The summed E-state index contributed by atoms with van der Waals surface area (Å²) in [5.74, 6) is 0. The number of hydrogen-bond donors (Lipinski definition) is 0. The van der Waals surface area contributed by atoms with Crippen molar-refractivity contribution in [1.82, 2.24) is 4.90 Å². The smallest absolute Gasteiger partial charge is 0.178 e. The molecule has 2 aliphatic heterocycles. The molecule has 0 spiro atoms. The van der Waals surface area contributed by atoms with E-state index < -0.39 is 15.9 Å². The molecule has 4 rings (SSSR count). The highest BCUT2D eigenvalue weighted by molar-refractivity contribution is 7.93. The van der Waals surface area contributed by atoms with E-state index in [4.69, 9.17) is 0 Å². The van der Waals surface area contributed by atoms with Gasteiger partial charge in [0.05, 0.1) is 0 Å². The Kier molecular flexibility index (Phi) is 4.03. The van der Waals surface area contributed by atoms with Gasteiger partial charge in [0.15, 0.2) is 9.64 Å². The molecule has 0 aliphatic carbocycles. The lowest BCUT2D eigenvalue weighted by molar-refractivity contribution is 0.312. The van der Waals surface area contributed by atoms with E-state index in [1.54, 1.807) is 0 Å². The van der Waals surface area contributed by atoms with E-state index in [9.17, 15) is 4.55 Å². The van der Waals surface area contributed by atoms with Crippen LogP contribution in [0.2, 0.25) is 0 Å². The molecule has 2 atom stereocenters. The highest BCUT2D eigenvalue weighted by Gasteiger charge is 2.53. The predicted octanol–water partition coefficient (Wildman–Crippen LogP) is 4.20.